The third-order valence-corrected chi connectivity index (χ3v) is 3.11. The van der Waals surface area contributed by atoms with Crippen LogP contribution in [0.1, 0.15) is 11.1 Å². The van der Waals surface area contributed by atoms with Crippen LogP contribution in [-0.4, -0.2) is 34.7 Å². The molecule has 2 rings (SSSR count). The number of halogens is 1. The molecule has 1 saturated heterocycles. The van der Waals surface area contributed by atoms with Gasteiger partial charge in [-0.3, -0.25) is 19.4 Å². The molecule has 6 nitrogen and oxygen atoms in total. The number of hydrogen-bond acceptors (Lipinski definition) is 4. The Morgan fingerprint density at radius 3 is 2.42 bits per heavy atom. The molecule has 0 radical (unpaired) electrons. The first-order valence-corrected chi connectivity index (χ1v) is 5.65. The monoisotopic (exact) mass is 277 g/mol. The molecule has 7 heteroatoms. The molecule has 0 aliphatic carbocycles. The molecule has 1 fully saturated rings. The summed E-state index contributed by atoms with van der Waals surface area (Å²) >= 11 is 5.96. The van der Waals surface area contributed by atoms with Crippen LogP contribution in [0.15, 0.2) is 18.2 Å². The molecule has 0 saturated carbocycles. The van der Waals surface area contributed by atoms with Gasteiger partial charge in [0.2, 0.25) is 0 Å². The fourth-order valence-electron chi connectivity index (χ4n) is 1.67. The molecular formula is C12H8ClN3O3. The van der Waals surface area contributed by atoms with E-state index < -0.39 is 17.8 Å². The van der Waals surface area contributed by atoms with E-state index in [1.54, 1.807) is 6.07 Å². The fraction of sp³-hybridized carbons (Fsp3) is 0.167. The molecular weight excluding hydrogens is 270 g/mol. The number of carbonyl (C=O) groups excluding carboxylic acids is 3. The molecule has 0 unspecified atom stereocenters. The minimum Gasteiger partial charge on any atom is -0.263 e. The Balaban J connectivity index is 2.28. The topological polar surface area (TPSA) is 81.5 Å². The Morgan fingerprint density at radius 2 is 1.95 bits per heavy atom. The van der Waals surface area contributed by atoms with Gasteiger partial charge in [0, 0.05) is 12.1 Å². The van der Waals surface area contributed by atoms with Gasteiger partial charge in [-0.1, -0.05) is 17.7 Å². The number of carbonyl (C=O) groups is 3. The number of nitriles is 1. The Kier molecular flexibility index (Phi) is 3.23. The lowest BCUT2D eigenvalue weighted by Crippen LogP contribution is -2.31. The zero-order chi connectivity index (χ0) is 14.2. The van der Waals surface area contributed by atoms with E-state index >= 15 is 0 Å². The Morgan fingerprint density at radius 1 is 1.26 bits per heavy atom. The van der Waals surface area contributed by atoms with E-state index in [4.69, 9.17) is 16.9 Å². The van der Waals surface area contributed by atoms with Crippen LogP contribution in [0.4, 0.5) is 4.79 Å². The highest BCUT2D eigenvalue weighted by molar-refractivity contribution is 6.44. The van der Waals surface area contributed by atoms with Crippen LogP contribution < -0.4 is 0 Å². The third-order valence-electron chi connectivity index (χ3n) is 2.76. The van der Waals surface area contributed by atoms with Crippen LogP contribution >= 0.6 is 11.6 Å². The zero-order valence-electron chi connectivity index (χ0n) is 9.88. The van der Waals surface area contributed by atoms with Crippen LogP contribution in [-0.2, 0) is 16.1 Å². The third kappa shape index (κ3) is 2.16. The van der Waals surface area contributed by atoms with Crippen molar-refractivity contribution in [2.45, 2.75) is 6.54 Å². The SMILES string of the molecule is CN1C(=O)C(=O)N(Cc2ccc(C#N)cc2Cl)C1=O. The maximum atomic E-state index is 11.7. The van der Waals surface area contributed by atoms with Crippen molar-refractivity contribution >= 4 is 29.4 Å². The Labute approximate surface area is 113 Å². The molecule has 0 N–H and O–H groups in total. The first kappa shape index (κ1) is 13.1. The van der Waals surface area contributed by atoms with Gasteiger partial charge in [0.05, 0.1) is 18.2 Å². The van der Waals surface area contributed by atoms with Gasteiger partial charge in [-0.05, 0) is 17.7 Å². The van der Waals surface area contributed by atoms with E-state index in [1.807, 2.05) is 6.07 Å². The zero-order valence-corrected chi connectivity index (χ0v) is 10.6. The van der Waals surface area contributed by atoms with Crippen molar-refractivity contribution in [2.75, 3.05) is 7.05 Å². The van der Waals surface area contributed by atoms with Gasteiger partial charge in [-0.15, -0.1) is 0 Å². The number of hydrogen-bond donors (Lipinski definition) is 0. The van der Waals surface area contributed by atoms with Crippen molar-refractivity contribution in [3.8, 4) is 6.07 Å². The molecule has 0 spiro atoms. The minimum absolute atomic E-state index is 0.0989. The largest absolute Gasteiger partial charge is 0.334 e. The van der Waals surface area contributed by atoms with Crippen molar-refractivity contribution < 1.29 is 14.4 Å². The van der Waals surface area contributed by atoms with Crippen LogP contribution in [0.2, 0.25) is 5.02 Å². The number of likely N-dealkylation sites (N-methyl/N-ethyl adjacent to an activating group) is 1. The summed E-state index contributed by atoms with van der Waals surface area (Å²) in [6.07, 6.45) is 0. The molecule has 1 aromatic rings. The number of rotatable bonds is 2. The quantitative estimate of drug-likeness (QED) is 0.599. The molecule has 1 aliphatic heterocycles. The van der Waals surface area contributed by atoms with Gasteiger partial charge in [0.25, 0.3) is 0 Å². The number of imide groups is 2. The summed E-state index contributed by atoms with van der Waals surface area (Å²) in [5, 5.41) is 8.98. The molecule has 96 valence electrons. The van der Waals surface area contributed by atoms with Crippen LogP contribution in [0.5, 0.6) is 0 Å². The summed E-state index contributed by atoms with van der Waals surface area (Å²) in [6.45, 7) is -0.0989. The average molecular weight is 278 g/mol. The summed E-state index contributed by atoms with van der Waals surface area (Å²) in [6, 6.07) is 5.75. The van der Waals surface area contributed by atoms with Crippen molar-refractivity contribution in [1.82, 2.24) is 9.80 Å². The van der Waals surface area contributed by atoms with Gasteiger partial charge in [-0.25, -0.2) is 4.79 Å². The predicted octanol–water partition coefficient (Wildman–Crippen LogP) is 1.13. The lowest BCUT2D eigenvalue weighted by Gasteiger charge is -2.13. The van der Waals surface area contributed by atoms with E-state index in [0.717, 1.165) is 9.80 Å². The summed E-state index contributed by atoms with van der Waals surface area (Å²) < 4.78 is 0. The van der Waals surface area contributed by atoms with Crippen LogP contribution in [0, 0.1) is 11.3 Å². The standard InChI is InChI=1S/C12H8ClN3O3/c1-15-10(17)11(18)16(12(15)19)6-8-3-2-7(5-14)4-9(8)13/h2-4H,6H2,1H3. The van der Waals surface area contributed by atoms with Gasteiger partial charge in [-0.2, -0.15) is 5.26 Å². The molecule has 4 amide bonds. The highest BCUT2D eigenvalue weighted by Gasteiger charge is 2.42. The van der Waals surface area contributed by atoms with Gasteiger partial charge >= 0.3 is 17.8 Å². The van der Waals surface area contributed by atoms with Gasteiger partial charge in [0.1, 0.15) is 0 Å². The number of urea groups is 1. The van der Waals surface area contributed by atoms with Crippen molar-refractivity contribution in [3.63, 3.8) is 0 Å². The van der Waals surface area contributed by atoms with Gasteiger partial charge < -0.3 is 0 Å². The number of benzene rings is 1. The summed E-state index contributed by atoms with van der Waals surface area (Å²) in [4.78, 5) is 36.2. The average Bonchev–Trinajstić information content (AvgIpc) is 2.58. The van der Waals surface area contributed by atoms with E-state index in [0.29, 0.717) is 11.1 Å². The van der Waals surface area contributed by atoms with Gasteiger partial charge in [0.15, 0.2) is 0 Å². The van der Waals surface area contributed by atoms with Crippen LogP contribution in [0.3, 0.4) is 0 Å². The van der Waals surface area contributed by atoms with Crippen molar-refractivity contribution in [3.05, 3.63) is 34.3 Å². The molecule has 19 heavy (non-hydrogen) atoms. The molecule has 1 aliphatic rings. The first-order valence-electron chi connectivity index (χ1n) is 5.27. The highest BCUT2D eigenvalue weighted by Crippen LogP contribution is 2.22. The maximum absolute atomic E-state index is 11.7. The second-order valence-electron chi connectivity index (χ2n) is 3.96. The molecule has 1 aromatic carbocycles. The predicted molar refractivity (Wildman–Crippen MR) is 64.9 cm³/mol. The van der Waals surface area contributed by atoms with Crippen LogP contribution in [0.25, 0.3) is 0 Å². The normalized spacial score (nSPS) is 15.1. The maximum Gasteiger partial charge on any atom is 0.334 e. The second-order valence-corrected chi connectivity index (χ2v) is 4.36. The minimum atomic E-state index is -0.882. The molecule has 0 bridgehead atoms. The molecule has 0 atom stereocenters. The summed E-state index contributed by atoms with van der Waals surface area (Å²) in [5.74, 6) is -1.75. The number of nitrogens with zero attached hydrogens (tertiary/aromatic N) is 3. The van der Waals surface area contributed by atoms with E-state index in [1.165, 1.54) is 19.2 Å². The lowest BCUT2D eigenvalue weighted by atomic mass is 10.1. The van der Waals surface area contributed by atoms with E-state index in [2.05, 4.69) is 0 Å². The van der Waals surface area contributed by atoms with Crippen molar-refractivity contribution in [2.24, 2.45) is 0 Å². The smallest absolute Gasteiger partial charge is 0.263 e. The van der Waals surface area contributed by atoms with E-state index in [-0.39, 0.29) is 11.6 Å². The summed E-state index contributed by atoms with van der Waals surface area (Å²) in [7, 11) is 1.24. The first-order chi connectivity index (χ1) is 8.95. The highest BCUT2D eigenvalue weighted by atomic mass is 35.5. The molecule has 0 aromatic heterocycles. The van der Waals surface area contributed by atoms with Crippen molar-refractivity contribution in [1.29, 1.82) is 5.26 Å². The molecule has 1 heterocycles. The lowest BCUT2D eigenvalue weighted by molar-refractivity contribution is -0.143. The Hall–Kier alpha value is -2.39. The second kappa shape index (κ2) is 4.71. The summed E-state index contributed by atoms with van der Waals surface area (Å²) in [5.41, 5.74) is 0.867. The number of amides is 4. The van der Waals surface area contributed by atoms with E-state index in [9.17, 15) is 14.4 Å². The Bertz CT molecular complexity index is 636. The fourth-order valence-corrected chi connectivity index (χ4v) is 1.91.